The summed E-state index contributed by atoms with van der Waals surface area (Å²) in [5, 5.41) is 3.30. The van der Waals surface area contributed by atoms with Gasteiger partial charge in [0.25, 0.3) is 5.91 Å². The molecule has 4 aromatic rings. The number of carbonyl (C=O) groups excluding carboxylic acids is 1. The third kappa shape index (κ3) is 4.78. The summed E-state index contributed by atoms with van der Waals surface area (Å²) in [7, 11) is 0. The molecule has 1 amide bonds. The number of rotatable bonds is 5. The van der Waals surface area contributed by atoms with Crippen LogP contribution < -0.4 is 5.32 Å². The molecule has 1 heterocycles. The van der Waals surface area contributed by atoms with Crippen LogP contribution in [0.25, 0.3) is 22.4 Å². The summed E-state index contributed by atoms with van der Waals surface area (Å²) >= 11 is 6.37. The van der Waals surface area contributed by atoms with Crippen molar-refractivity contribution >= 4 is 17.5 Å². The van der Waals surface area contributed by atoms with E-state index in [2.05, 4.69) is 10.3 Å². The predicted molar refractivity (Wildman–Crippen MR) is 118 cm³/mol. The van der Waals surface area contributed by atoms with E-state index in [1.807, 2.05) is 12.1 Å². The molecule has 1 N–H and O–H groups in total. The van der Waals surface area contributed by atoms with E-state index in [0.717, 1.165) is 16.7 Å². The largest absolute Gasteiger partial charge is 0.348 e. The van der Waals surface area contributed by atoms with E-state index in [4.69, 9.17) is 11.6 Å². The highest BCUT2D eigenvalue weighted by Gasteiger charge is 2.11. The van der Waals surface area contributed by atoms with Crippen molar-refractivity contribution < 1.29 is 13.6 Å². The molecule has 0 aliphatic heterocycles. The number of hydrogen-bond acceptors (Lipinski definition) is 2. The van der Waals surface area contributed by atoms with E-state index < -0.39 is 0 Å². The molecule has 154 valence electrons. The van der Waals surface area contributed by atoms with Crippen LogP contribution in [0.3, 0.4) is 0 Å². The zero-order valence-corrected chi connectivity index (χ0v) is 17.0. The summed E-state index contributed by atoms with van der Waals surface area (Å²) in [5.41, 5.74) is 3.64. The fourth-order valence-electron chi connectivity index (χ4n) is 3.15. The van der Waals surface area contributed by atoms with E-state index in [9.17, 15) is 13.6 Å². The third-order valence-corrected chi connectivity index (χ3v) is 5.20. The second kappa shape index (κ2) is 9.06. The Labute approximate surface area is 183 Å². The minimum atomic E-state index is -0.370. The average molecular weight is 435 g/mol. The molecule has 3 nitrogen and oxygen atoms in total. The van der Waals surface area contributed by atoms with Crippen LogP contribution in [0.1, 0.15) is 15.9 Å². The number of nitrogens with zero attached hydrogens (tertiary/aromatic N) is 1. The lowest BCUT2D eigenvalue weighted by atomic mass is 10.0. The molecule has 0 saturated carbocycles. The van der Waals surface area contributed by atoms with Crippen LogP contribution >= 0.6 is 11.6 Å². The van der Waals surface area contributed by atoms with Gasteiger partial charge in [-0.3, -0.25) is 9.78 Å². The highest BCUT2D eigenvalue weighted by atomic mass is 35.5. The minimum Gasteiger partial charge on any atom is -0.348 e. The van der Waals surface area contributed by atoms with Gasteiger partial charge in [0, 0.05) is 23.3 Å². The minimum absolute atomic E-state index is 0.233. The van der Waals surface area contributed by atoms with Crippen molar-refractivity contribution in [2.75, 3.05) is 0 Å². The predicted octanol–water partition coefficient (Wildman–Crippen LogP) is 6.28. The standard InChI is InChI=1S/C25H17ClF2N2O/c26-22-13-17(16-7-10-20(27)11-8-16)5-6-18(22)14-30-25(31)19-9-12-24(29-15-19)21-3-1-2-4-23(21)28/h1-13,15H,14H2,(H,30,31). The Balaban J connectivity index is 1.42. The summed E-state index contributed by atoms with van der Waals surface area (Å²) in [6.07, 6.45) is 1.41. The number of pyridine rings is 1. The second-order valence-electron chi connectivity index (χ2n) is 6.91. The molecule has 0 aliphatic carbocycles. The fraction of sp³-hybridized carbons (Fsp3) is 0.0400. The summed E-state index contributed by atoms with van der Waals surface area (Å²) < 4.78 is 27.0. The maximum absolute atomic E-state index is 13.9. The van der Waals surface area contributed by atoms with Crippen molar-refractivity contribution in [3.05, 3.63) is 113 Å². The number of amides is 1. The normalized spacial score (nSPS) is 10.7. The van der Waals surface area contributed by atoms with Gasteiger partial charge in [0.05, 0.1) is 11.3 Å². The lowest BCUT2D eigenvalue weighted by Crippen LogP contribution is -2.23. The number of benzene rings is 3. The first kappa shape index (κ1) is 20.7. The van der Waals surface area contributed by atoms with Gasteiger partial charge in [-0.15, -0.1) is 0 Å². The molecule has 0 aliphatic rings. The van der Waals surface area contributed by atoms with Crippen molar-refractivity contribution in [3.8, 4) is 22.4 Å². The second-order valence-corrected chi connectivity index (χ2v) is 7.31. The molecule has 0 unspecified atom stereocenters. The van der Waals surface area contributed by atoms with E-state index >= 15 is 0 Å². The first-order valence-electron chi connectivity index (χ1n) is 9.55. The van der Waals surface area contributed by atoms with Crippen LogP contribution in [0.2, 0.25) is 5.02 Å². The van der Waals surface area contributed by atoms with E-state index in [0.29, 0.717) is 21.8 Å². The Kier molecular flexibility index (Phi) is 6.05. The first-order chi connectivity index (χ1) is 15.0. The molecular weight excluding hydrogens is 418 g/mol. The molecule has 4 rings (SSSR count). The van der Waals surface area contributed by atoms with Gasteiger partial charge in [0.15, 0.2) is 0 Å². The number of nitrogens with one attached hydrogen (secondary N) is 1. The number of carbonyl (C=O) groups is 1. The van der Waals surface area contributed by atoms with Gasteiger partial charge in [-0.05, 0) is 59.2 Å². The number of halogens is 3. The Bertz CT molecular complexity index is 1230. The molecule has 0 bridgehead atoms. The van der Waals surface area contributed by atoms with E-state index in [1.54, 1.807) is 48.5 Å². The molecule has 0 saturated heterocycles. The van der Waals surface area contributed by atoms with Crippen LogP contribution in [-0.2, 0) is 6.54 Å². The van der Waals surface area contributed by atoms with Gasteiger partial charge in [0.1, 0.15) is 11.6 Å². The molecule has 31 heavy (non-hydrogen) atoms. The summed E-state index contributed by atoms with van der Waals surface area (Å²) in [6.45, 7) is 0.233. The monoisotopic (exact) mass is 434 g/mol. The third-order valence-electron chi connectivity index (χ3n) is 4.85. The zero-order valence-electron chi connectivity index (χ0n) is 16.3. The lowest BCUT2D eigenvalue weighted by Gasteiger charge is -2.10. The van der Waals surface area contributed by atoms with Gasteiger partial charge < -0.3 is 5.32 Å². The number of hydrogen-bond donors (Lipinski definition) is 1. The van der Waals surface area contributed by atoms with Crippen molar-refractivity contribution in [2.24, 2.45) is 0 Å². The van der Waals surface area contributed by atoms with Gasteiger partial charge in [-0.2, -0.15) is 0 Å². The summed E-state index contributed by atoms with van der Waals surface area (Å²) in [6, 6.07) is 21.2. The summed E-state index contributed by atoms with van der Waals surface area (Å²) in [4.78, 5) is 16.7. The maximum atomic E-state index is 13.9. The van der Waals surface area contributed by atoms with Crippen molar-refractivity contribution in [3.63, 3.8) is 0 Å². The average Bonchev–Trinajstić information content (AvgIpc) is 2.79. The Morgan fingerprint density at radius 2 is 1.65 bits per heavy atom. The first-order valence-corrected chi connectivity index (χ1v) is 9.92. The van der Waals surface area contributed by atoms with Crippen LogP contribution in [0.5, 0.6) is 0 Å². The van der Waals surface area contributed by atoms with Gasteiger partial charge in [-0.1, -0.05) is 48.0 Å². The molecule has 0 atom stereocenters. The quantitative estimate of drug-likeness (QED) is 0.402. The molecule has 0 fully saturated rings. The molecule has 3 aromatic carbocycles. The van der Waals surface area contributed by atoms with Crippen LogP contribution in [0, 0.1) is 11.6 Å². The Morgan fingerprint density at radius 1 is 0.903 bits per heavy atom. The van der Waals surface area contributed by atoms with E-state index in [1.165, 1.54) is 24.4 Å². The Hall–Kier alpha value is -3.57. The van der Waals surface area contributed by atoms with Crippen molar-refractivity contribution in [1.82, 2.24) is 10.3 Å². The van der Waals surface area contributed by atoms with Gasteiger partial charge >= 0.3 is 0 Å². The highest BCUT2D eigenvalue weighted by molar-refractivity contribution is 6.31. The van der Waals surface area contributed by atoms with Crippen LogP contribution in [-0.4, -0.2) is 10.9 Å². The van der Waals surface area contributed by atoms with E-state index in [-0.39, 0.29) is 24.1 Å². The molecule has 0 radical (unpaired) electrons. The van der Waals surface area contributed by atoms with Gasteiger partial charge in [0.2, 0.25) is 0 Å². The topological polar surface area (TPSA) is 42.0 Å². The van der Waals surface area contributed by atoms with Crippen molar-refractivity contribution in [1.29, 1.82) is 0 Å². The van der Waals surface area contributed by atoms with Crippen LogP contribution in [0.15, 0.2) is 85.1 Å². The number of aromatic nitrogens is 1. The highest BCUT2D eigenvalue weighted by Crippen LogP contribution is 2.26. The molecule has 0 spiro atoms. The molecular formula is C25H17ClF2N2O. The fourth-order valence-corrected chi connectivity index (χ4v) is 3.39. The maximum Gasteiger partial charge on any atom is 0.253 e. The molecule has 1 aromatic heterocycles. The SMILES string of the molecule is O=C(NCc1ccc(-c2ccc(F)cc2)cc1Cl)c1ccc(-c2ccccc2F)nc1. The summed E-state index contributed by atoms with van der Waals surface area (Å²) in [5.74, 6) is -0.984. The molecule has 6 heteroatoms. The van der Waals surface area contributed by atoms with Crippen molar-refractivity contribution in [2.45, 2.75) is 6.54 Å². The van der Waals surface area contributed by atoms with Crippen LogP contribution in [0.4, 0.5) is 8.78 Å². The smallest absolute Gasteiger partial charge is 0.253 e. The lowest BCUT2D eigenvalue weighted by molar-refractivity contribution is 0.0950. The zero-order chi connectivity index (χ0) is 21.8. The Morgan fingerprint density at radius 3 is 2.32 bits per heavy atom. The van der Waals surface area contributed by atoms with Gasteiger partial charge in [-0.25, -0.2) is 8.78 Å².